The third-order valence-electron chi connectivity index (χ3n) is 5.34. The molecule has 162 valence electrons. The molecule has 2 aromatic carbocycles. The number of carbonyl (C=O) groups excluding carboxylic acids is 1. The fourth-order valence-electron chi connectivity index (χ4n) is 3.62. The van der Waals surface area contributed by atoms with Crippen molar-refractivity contribution in [1.82, 2.24) is 5.32 Å². The number of rotatable bonds is 7. The fourth-order valence-corrected chi connectivity index (χ4v) is 4.91. The smallest absolute Gasteiger partial charge is 0.261 e. The van der Waals surface area contributed by atoms with Gasteiger partial charge in [0.25, 0.3) is 15.9 Å². The van der Waals surface area contributed by atoms with Gasteiger partial charge in [0.1, 0.15) is 5.75 Å². The Morgan fingerprint density at radius 1 is 1.13 bits per heavy atom. The predicted octanol–water partition coefficient (Wildman–Crippen LogP) is 4.85. The molecule has 30 heavy (non-hydrogen) atoms. The van der Waals surface area contributed by atoms with Crippen molar-refractivity contribution in [2.24, 2.45) is 5.92 Å². The third kappa shape index (κ3) is 5.46. The highest BCUT2D eigenvalue weighted by Gasteiger charge is 2.25. The zero-order chi connectivity index (χ0) is 21.7. The topological polar surface area (TPSA) is 84.5 Å². The second-order valence-corrected chi connectivity index (χ2v) is 9.64. The molecule has 8 heteroatoms. The van der Waals surface area contributed by atoms with Gasteiger partial charge >= 0.3 is 0 Å². The van der Waals surface area contributed by atoms with E-state index in [1.165, 1.54) is 24.6 Å². The van der Waals surface area contributed by atoms with Crippen LogP contribution in [0.3, 0.4) is 0 Å². The molecule has 2 atom stereocenters. The molecule has 0 radical (unpaired) electrons. The van der Waals surface area contributed by atoms with Gasteiger partial charge in [-0.1, -0.05) is 31.4 Å². The molecule has 2 N–H and O–H groups in total. The van der Waals surface area contributed by atoms with E-state index in [4.69, 9.17) is 16.3 Å². The molecule has 0 bridgehead atoms. The van der Waals surface area contributed by atoms with Crippen molar-refractivity contribution in [1.29, 1.82) is 0 Å². The molecular formula is C22H27ClN2O4S. The summed E-state index contributed by atoms with van der Waals surface area (Å²) in [5, 5.41) is 3.24. The quantitative estimate of drug-likeness (QED) is 0.631. The lowest BCUT2D eigenvalue weighted by Gasteiger charge is -2.29. The van der Waals surface area contributed by atoms with E-state index in [0.29, 0.717) is 24.0 Å². The number of benzene rings is 2. The summed E-state index contributed by atoms with van der Waals surface area (Å²) in [5.41, 5.74) is 0.555. The third-order valence-corrected chi connectivity index (χ3v) is 7.05. The molecule has 1 aliphatic carbocycles. The van der Waals surface area contributed by atoms with Crippen LogP contribution in [0.1, 0.15) is 49.9 Å². The van der Waals surface area contributed by atoms with E-state index < -0.39 is 10.0 Å². The molecule has 0 unspecified atom stereocenters. The van der Waals surface area contributed by atoms with Gasteiger partial charge in [-0.15, -0.1) is 0 Å². The lowest BCUT2D eigenvalue weighted by molar-refractivity contribution is 0.0910. The standard InChI is InChI=1S/C22H27ClN2O4S/c1-3-29-17-10-8-16(9-11-17)25-30(27,28)18-12-13-20(23)19(14-18)22(26)24-21-7-5-4-6-15(21)2/h8-15,21,25H,3-7H2,1-2H3,(H,24,26)/t15-,21+/m0/s1. The molecule has 1 amide bonds. The van der Waals surface area contributed by atoms with Crippen LogP contribution in [0.25, 0.3) is 0 Å². The number of amides is 1. The Morgan fingerprint density at radius 2 is 1.83 bits per heavy atom. The highest BCUT2D eigenvalue weighted by atomic mass is 35.5. The van der Waals surface area contributed by atoms with Gasteiger partial charge in [0.15, 0.2) is 0 Å². The predicted molar refractivity (Wildman–Crippen MR) is 119 cm³/mol. The lowest BCUT2D eigenvalue weighted by Crippen LogP contribution is -2.41. The van der Waals surface area contributed by atoms with Gasteiger partial charge < -0.3 is 10.1 Å². The average molecular weight is 451 g/mol. The van der Waals surface area contributed by atoms with E-state index in [-0.39, 0.29) is 27.4 Å². The van der Waals surface area contributed by atoms with E-state index in [2.05, 4.69) is 17.0 Å². The number of sulfonamides is 1. The molecule has 0 aliphatic heterocycles. The molecule has 1 fully saturated rings. The van der Waals surface area contributed by atoms with Crippen LogP contribution in [0.2, 0.25) is 5.02 Å². The summed E-state index contributed by atoms with van der Waals surface area (Å²) in [4.78, 5) is 12.8. The second-order valence-electron chi connectivity index (χ2n) is 7.55. The van der Waals surface area contributed by atoms with E-state index in [1.807, 2.05) is 6.92 Å². The Balaban J connectivity index is 1.78. The van der Waals surface area contributed by atoms with Crippen molar-refractivity contribution in [2.45, 2.75) is 50.5 Å². The number of carbonyl (C=O) groups is 1. The minimum Gasteiger partial charge on any atom is -0.494 e. The summed E-state index contributed by atoms with van der Waals surface area (Å²) in [6, 6.07) is 10.8. The van der Waals surface area contributed by atoms with E-state index in [0.717, 1.165) is 19.3 Å². The highest BCUT2D eigenvalue weighted by Crippen LogP contribution is 2.26. The molecule has 6 nitrogen and oxygen atoms in total. The molecule has 1 saturated carbocycles. The zero-order valence-corrected chi connectivity index (χ0v) is 18.7. The van der Waals surface area contributed by atoms with E-state index in [1.54, 1.807) is 24.3 Å². The van der Waals surface area contributed by atoms with Crippen molar-refractivity contribution in [2.75, 3.05) is 11.3 Å². The summed E-state index contributed by atoms with van der Waals surface area (Å²) >= 11 is 6.21. The number of anilines is 1. The first-order chi connectivity index (χ1) is 14.3. The Hall–Kier alpha value is -2.25. The Morgan fingerprint density at radius 3 is 2.50 bits per heavy atom. The number of hydrogen-bond donors (Lipinski definition) is 2. The van der Waals surface area contributed by atoms with Crippen LogP contribution >= 0.6 is 11.6 Å². The Kier molecular flexibility index (Phi) is 7.26. The van der Waals surface area contributed by atoms with Gasteiger partial charge in [0, 0.05) is 11.7 Å². The molecule has 0 aromatic heterocycles. The van der Waals surface area contributed by atoms with E-state index in [9.17, 15) is 13.2 Å². The first kappa shape index (κ1) is 22.4. The van der Waals surface area contributed by atoms with Gasteiger partial charge in [-0.2, -0.15) is 0 Å². The normalized spacial score (nSPS) is 19.2. The molecular weight excluding hydrogens is 424 g/mol. The minimum absolute atomic E-state index is 0.0253. The first-order valence-electron chi connectivity index (χ1n) is 10.2. The van der Waals surface area contributed by atoms with Crippen molar-refractivity contribution < 1.29 is 17.9 Å². The zero-order valence-electron chi connectivity index (χ0n) is 17.2. The summed E-state index contributed by atoms with van der Waals surface area (Å²) in [6.45, 7) is 4.52. The van der Waals surface area contributed by atoms with Crippen molar-refractivity contribution in [3.8, 4) is 5.75 Å². The van der Waals surface area contributed by atoms with Crippen molar-refractivity contribution >= 4 is 33.2 Å². The molecule has 3 rings (SSSR count). The SMILES string of the molecule is CCOc1ccc(NS(=O)(=O)c2ccc(Cl)c(C(=O)N[C@@H]3CCCC[C@@H]3C)c2)cc1. The Labute approximate surface area is 183 Å². The fraction of sp³-hybridized carbons (Fsp3) is 0.409. The molecule has 2 aromatic rings. The van der Waals surface area contributed by atoms with Crippen LogP contribution < -0.4 is 14.8 Å². The first-order valence-corrected chi connectivity index (χ1v) is 12.0. The van der Waals surface area contributed by atoms with Crippen LogP contribution in [-0.2, 0) is 10.0 Å². The van der Waals surface area contributed by atoms with Crippen LogP contribution in [0.4, 0.5) is 5.69 Å². The average Bonchev–Trinajstić information content (AvgIpc) is 2.71. The van der Waals surface area contributed by atoms with Gasteiger partial charge in [-0.3, -0.25) is 9.52 Å². The van der Waals surface area contributed by atoms with Crippen LogP contribution in [-0.4, -0.2) is 27.0 Å². The number of ether oxygens (including phenoxy) is 1. The monoisotopic (exact) mass is 450 g/mol. The number of nitrogens with one attached hydrogen (secondary N) is 2. The maximum absolute atomic E-state index is 12.8. The van der Waals surface area contributed by atoms with E-state index >= 15 is 0 Å². The van der Waals surface area contributed by atoms with Gasteiger partial charge in [0.05, 0.1) is 22.1 Å². The number of halogens is 1. The highest BCUT2D eigenvalue weighted by molar-refractivity contribution is 7.92. The summed E-state index contributed by atoms with van der Waals surface area (Å²) < 4.78 is 33.5. The Bertz CT molecular complexity index is 993. The second kappa shape index (κ2) is 9.71. The summed E-state index contributed by atoms with van der Waals surface area (Å²) in [5.74, 6) is 0.689. The maximum Gasteiger partial charge on any atom is 0.261 e. The van der Waals surface area contributed by atoms with Crippen molar-refractivity contribution in [3.63, 3.8) is 0 Å². The van der Waals surface area contributed by atoms with Gasteiger partial charge in [0.2, 0.25) is 0 Å². The number of hydrogen-bond acceptors (Lipinski definition) is 4. The largest absolute Gasteiger partial charge is 0.494 e. The van der Waals surface area contributed by atoms with Gasteiger partial charge in [-0.05, 0) is 68.1 Å². The minimum atomic E-state index is -3.88. The molecule has 0 spiro atoms. The van der Waals surface area contributed by atoms with Gasteiger partial charge in [-0.25, -0.2) is 8.42 Å². The molecule has 0 saturated heterocycles. The molecule has 1 aliphatic rings. The summed E-state index contributed by atoms with van der Waals surface area (Å²) in [6.07, 6.45) is 4.23. The lowest BCUT2D eigenvalue weighted by atomic mass is 9.86. The van der Waals surface area contributed by atoms with Crippen LogP contribution in [0.5, 0.6) is 5.75 Å². The van der Waals surface area contributed by atoms with Crippen molar-refractivity contribution in [3.05, 3.63) is 53.1 Å². The summed E-state index contributed by atoms with van der Waals surface area (Å²) in [7, 11) is -3.88. The van der Waals surface area contributed by atoms with Crippen LogP contribution in [0.15, 0.2) is 47.4 Å². The maximum atomic E-state index is 12.8. The molecule has 0 heterocycles. The van der Waals surface area contributed by atoms with Crippen LogP contribution in [0, 0.1) is 5.92 Å².